The first-order valence-corrected chi connectivity index (χ1v) is 7.98. The van der Waals surface area contributed by atoms with Crippen LogP contribution in [0.1, 0.15) is 45.6 Å². The van der Waals surface area contributed by atoms with Gasteiger partial charge in [-0.3, -0.25) is 4.79 Å². The Balaban J connectivity index is 2.28. The quantitative estimate of drug-likeness (QED) is 0.898. The third-order valence-electron chi connectivity index (χ3n) is 4.26. The monoisotopic (exact) mass is 327 g/mol. The van der Waals surface area contributed by atoms with E-state index in [9.17, 15) is 4.79 Å². The maximum atomic E-state index is 12.7. The summed E-state index contributed by atoms with van der Waals surface area (Å²) in [5.74, 6) is 1.12. The Hall–Kier alpha value is -2.49. The van der Waals surface area contributed by atoms with Crippen LogP contribution in [0.2, 0.25) is 0 Å². The van der Waals surface area contributed by atoms with E-state index in [1.807, 2.05) is 20.8 Å². The second-order valence-corrected chi connectivity index (χ2v) is 6.06. The van der Waals surface area contributed by atoms with Gasteiger partial charge in [0.2, 0.25) is 0 Å². The van der Waals surface area contributed by atoms with Crippen molar-refractivity contribution in [1.29, 1.82) is 0 Å². The number of methoxy groups -OCH3 is 2. The lowest BCUT2D eigenvalue weighted by atomic mass is 9.99. The first-order valence-electron chi connectivity index (χ1n) is 7.98. The highest BCUT2D eigenvalue weighted by Gasteiger charge is 2.17. The summed E-state index contributed by atoms with van der Waals surface area (Å²) in [6.07, 6.45) is 0. The largest absolute Gasteiger partial charge is 0.496 e. The summed E-state index contributed by atoms with van der Waals surface area (Å²) < 4.78 is 10.7. The molecule has 4 nitrogen and oxygen atoms in total. The lowest BCUT2D eigenvalue weighted by Gasteiger charge is -2.18. The Bertz CT molecular complexity index is 728. The van der Waals surface area contributed by atoms with E-state index >= 15 is 0 Å². The van der Waals surface area contributed by atoms with Gasteiger partial charge < -0.3 is 14.8 Å². The van der Waals surface area contributed by atoms with Gasteiger partial charge in [-0.2, -0.15) is 0 Å². The number of carbonyl (C=O) groups excluding carboxylic acids is 1. The molecular weight excluding hydrogens is 302 g/mol. The van der Waals surface area contributed by atoms with Gasteiger partial charge in [-0.05, 0) is 51.0 Å². The van der Waals surface area contributed by atoms with E-state index in [-0.39, 0.29) is 11.9 Å². The molecule has 0 bridgehead atoms. The number of carbonyl (C=O) groups is 1. The van der Waals surface area contributed by atoms with Crippen LogP contribution in [0.3, 0.4) is 0 Å². The molecule has 0 saturated carbocycles. The summed E-state index contributed by atoms with van der Waals surface area (Å²) in [5, 5.41) is 3.05. The van der Waals surface area contributed by atoms with E-state index in [1.54, 1.807) is 26.4 Å². The molecule has 1 amide bonds. The number of hydrogen-bond donors (Lipinski definition) is 1. The van der Waals surface area contributed by atoms with Gasteiger partial charge in [-0.1, -0.05) is 23.8 Å². The topological polar surface area (TPSA) is 47.6 Å². The molecule has 0 saturated heterocycles. The summed E-state index contributed by atoms with van der Waals surface area (Å²) >= 11 is 0. The Morgan fingerprint density at radius 1 is 1.00 bits per heavy atom. The molecular formula is C20H25NO3. The van der Waals surface area contributed by atoms with Crippen LogP contribution in [0.25, 0.3) is 0 Å². The van der Waals surface area contributed by atoms with Crippen molar-refractivity contribution in [3.05, 3.63) is 58.1 Å². The van der Waals surface area contributed by atoms with Crippen LogP contribution >= 0.6 is 0 Å². The zero-order chi connectivity index (χ0) is 17.9. The Labute approximate surface area is 143 Å². The number of rotatable bonds is 5. The van der Waals surface area contributed by atoms with E-state index in [1.165, 1.54) is 5.56 Å². The van der Waals surface area contributed by atoms with E-state index in [0.29, 0.717) is 17.1 Å². The van der Waals surface area contributed by atoms with Gasteiger partial charge in [0.1, 0.15) is 11.5 Å². The minimum Gasteiger partial charge on any atom is -0.496 e. The highest BCUT2D eigenvalue weighted by molar-refractivity contribution is 5.95. The van der Waals surface area contributed by atoms with Gasteiger partial charge in [-0.25, -0.2) is 0 Å². The van der Waals surface area contributed by atoms with E-state index in [0.717, 1.165) is 16.7 Å². The molecule has 4 heteroatoms. The second-order valence-electron chi connectivity index (χ2n) is 6.06. The van der Waals surface area contributed by atoms with Crippen LogP contribution in [-0.2, 0) is 0 Å². The molecule has 0 fully saturated rings. The molecule has 0 heterocycles. The lowest BCUT2D eigenvalue weighted by Crippen LogP contribution is -2.27. The van der Waals surface area contributed by atoms with Gasteiger partial charge in [-0.15, -0.1) is 0 Å². The fraction of sp³-hybridized carbons (Fsp3) is 0.350. The molecule has 0 aliphatic carbocycles. The summed E-state index contributed by atoms with van der Waals surface area (Å²) in [4.78, 5) is 12.7. The fourth-order valence-corrected chi connectivity index (χ4v) is 2.80. The predicted molar refractivity (Wildman–Crippen MR) is 96.1 cm³/mol. The average Bonchev–Trinajstić information content (AvgIpc) is 2.56. The van der Waals surface area contributed by atoms with Crippen molar-refractivity contribution in [2.24, 2.45) is 0 Å². The van der Waals surface area contributed by atoms with Crippen LogP contribution in [0, 0.1) is 20.8 Å². The minimum atomic E-state index is -0.153. The highest BCUT2D eigenvalue weighted by Crippen LogP contribution is 2.30. The standard InChI is InChI=1S/C20H25NO3/c1-12-7-8-13(2)17(9-12)15(4)21-20(22)16-10-18(23-5)14(3)19(11-16)24-6/h7-11,15H,1-6H3,(H,21,22). The smallest absolute Gasteiger partial charge is 0.252 e. The molecule has 128 valence electrons. The van der Waals surface area contributed by atoms with Crippen molar-refractivity contribution in [1.82, 2.24) is 5.32 Å². The molecule has 0 radical (unpaired) electrons. The Morgan fingerprint density at radius 3 is 2.12 bits per heavy atom. The molecule has 1 unspecified atom stereocenters. The number of amides is 1. The molecule has 2 aromatic rings. The van der Waals surface area contributed by atoms with Crippen molar-refractivity contribution in [3.63, 3.8) is 0 Å². The number of ether oxygens (including phenoxy) is 2. The summed E-state index contributed by atoms with van der Waals surface area (Å²) in [6, 6.07) is 9.65. The first-order chi connectivity index (χ1) is 11.4. The maximum absolute atomic E-state index is 12.7. The van der Waals surface area contributed by atoms with Gasteiger partial charge in [0.05, 0.1) is 20.3 Å². The van der Waals surface area contributed by atoms with Crippen molar-refractivity contribution in [2.75, 3.05) is 14.2 Å². The Kier molecular flexibility index (Phi) is 5.50. The van der Waals surface area contributed by atoms with Crippen molar-refractivity contribution >= 4 is 5.91 Å². The van der Waals surface area contributed by atoms with Crippen molar-refractivity contribution in [2.45, 2.75) is 33.7 Å². The molecule has 0 aliphatic heterocycles. The summed E-state index contributed by atoms with van der Waals surface area (Å²) in [6.45, 7) is 7.99. The number of hydrogen-bond acceptors (Lipinski definition) is 3. The fourth-order valence-electron chi connectivity index (χ4n) is 2.80. The van der Waals surface area contributed by atoms with Gasteiger partial charge >= 0.3 is 0 Å². The van der Waals surface area contributed by atoms with Crippen LogP contribution in [0.15, 0.2) is 30.3 Å². The predicted octanol–water partition coefficient (Wildman–Crippen LogP) is 4.12. The lowest BCUT2D eigenvalue weighted by molar-refractivity contribution is 0.0939. The van der Waals surface area contributed by atoms with Gasteiger partial charge in [0.25, 0.3) is 5.91 Å². The minimum absolute atomic E-state index is 0.0873. The van der Waals surface area contributed by atoms with Crippen molar-refractivity contribution < 1.29 is 14.3 Å². The Morgan fingerprint density at radius 2 is 1.58 bits per heavy atom. The van der Waals surface area contributed by atoms with E-state index in [4.69, 9.17) is 9.47 Å². The molecule has 24 heavy (non-hydrogen) atoms. The van der Waals surface area contributed by atoms with Crippen LogP contribution in [-0.4, -0.2) is 20.1 Å². The van der Waals surface area contributed by atoms with Crippen LogP contribution < -0.4 is 14.8 Å². The maximum Gasteiger partial charge on any atom is 0.252 e. The summed E-state index contributed by atoms with van der Waals surface area (Å²) in [5.41, 5.74) is 4.85. The second kappa shape index (κ2) is 7.39. The molecule has 1 N–H and O–H groups in total. The van der Waals surface area contributed by atoms with Crippen LogP contribution in [0.4, 0.5) is 0 Å². The first kappa shape index (κ1) is 17.9. The number of aryl methyl sites for hydroxylation is 2. The van der Waals surface area contributed by atoms with Crippen molar-refractivity contribution in [3.8, 4) is 11.5 Å². The molecule has 0 aromatic heterocycles. The van der Waals surface area contributed by atoms with Crippen LogP contribution in [0.5, 0.6) is 11.5 Å². The molecule has 1 atom stereocenters. The van der Waals surface area contributed by atoms with Gasteiger partial charge in [0.15, 0.2) is 0 Å². The number of benzene rings is 2. The van der Waals surface area contributed by atoms with Gasteiger partial charge in [0, 0.05) is 11.1 Å². The average molecular weight is 327 g/mol. The normalized spacial score (nSPS) is 11.8. The highest BCUT2D eigenvalue weighted by atomic mass is 16.5. The zero-order valence-corrected chi connectivity index (χ0v) is 15.2. The third kappa shape index (κ3) is 3.70. The zero-order valence-electron chi connectivity index (χ0n) is 15.2. The molecule has 2 aromatic carbocycles. The summed E-state index contributed by atoms with van der Waals surface area (Å²) in [7, 11) is 3.17. The molecule has 0 spiro atoms. The van der Waals surface area contributed by atoms with E-state index in [2.05, 4.69) is 30.4 Å². The molecule has 2 rings (SSSR count). The third-order valence-corrected chi connectivity index (χ3v) is 4.26. The van der Waals surface area contributed by atoms with E-state index < -0.39 is 0 Å². The number of nitrogens with one attached hydrogen (secondary N) is 1. The molecule has 0 aliphatic rings. The SMILES string of the molecule is COc1cc(C(=O)NC(C)c2cc(C)ccc2C)cc(OC)c1C.